The second kappa shape index (κ2) is 9.59. The van der Waals surface area contributed by atoms with Gasteiger partial charge in [-0.3, -0.25) is 9.69 Å². The molecule has 0 aromatic rings. The number of carbonyl (C=O) groups is 1. The van der Waals surface area contributed by atoms with Crippen LogP contribution >= 0.6 is 12.4 Å². The number of halogens is 1. The molecule has 0 radical (unpaired) electrons. The molecule has 1 aliphatic heterocycles. The molecule has 2 N–H and O–H groups in total. The van der Waals surface area contributed by atoms with Crippen molar-refractivity contribution in [3.05, 3.63) is 0 Å². The Morgan fingerprint density at radius 2 is 2.05 bits per heavy atom. The van der Waals surface area contributed by atoms with Crippen LogP contribution in [0.5, 0.6) is 0 Å². The molecule has 1 saturated heterocycles. The monoisotopic (exact) mass is 303 g/mol. The third-order valence-corrected chi connectivity index (χ3v) is 4.58. The van der Waals surface area contributed by atoms with Gasteiger partial charge in [-0.15, -0.1) is 12.4 Å². The molecule has 0 unspecified atom stereocenters. The van der Waals surface area contributed by atoms with Gasteiger partial charge in [-0.05, 0) is 25.7 Å². The molecule has 1 saturated carbocycles. The van der Waals surface area contributed by atoms with Crippen LogP contribution in [0.2, 0.25) is 0 Å². The maximum Gasteiger partial charge on any atom is 0.221 e. The molecular formula is C15H30ClN3O. The van der Waals surface area contributed by atoms with Crippen LogP contribution in [0.15, 0.2) is 0 Å². The Kier molecular flexibility index (Phi) is 8.50. The van der Waals surface area contributed by atoms with E-state index in [2.05, 4.69) is 22.5 Å². The number of hydrogen-bond donors (Lipinski definition) is 2. The standard InChI is InChI=1S/C15H29N3O.ClH/c1-13-11-16-8-10-18(13)9-7-15(19)17-12-14-5-3-2-4-6-14;/h13-14,16H,2-12H2,1H3,(H,17,19);1H/t13-;/m1./s1. The first-order valence-electron chi connectivity index (χ1n) is 7.97. The lowest BCUT2D eigenvalue weighted by Crippen LogP contribution is -2.50. The summed E-state index contributed by atoms with van der Waals surface area (Å²) < 4.78 is 0. The van der Waals surface area contributed by atoms with Crippen molar-refractivity contribution >= 4 is 18.3 Å². The molecule has 4 nitrogen and oxygen atoms in total. The predicted octanol–water partition coefficient (Wildman–Crippen LogP) is 1.79. The topological polar surface area (TPSA) is 44.4 Å². The van der Waals surface area contributed by atoms with Gasteiger partial charge in [0, 0.05) is 45.2 Å². The minimum absolute atomic E-state index is 0. The summed E-state index contributed by atoms with van der Waals surface area (Å²) in [7, 11) is 0. The summed E-state index contributed by atoms with van der Waals surface area (Å²) in [5.74, 6) is 0.965. The van der Waals surface area contributed by atoms with Crippen LogP contribution in [0.4, 0.5) is 0 Å². The number of nitrogens with one attached hydrogen (secondary N) is 2. The fourth-order valence-corrected chi connectivity index (χ4v) is 3.20. The summed E-state index contributed by atoms with van der Waals surface area (Å²) in [6, 6.07) is 0.555. The first kappa shape index (κ1) is 17.7. The highest BCUT2D eigenvalue weighted by molar-refractivity contribution is 5.85. The summed E-state index contributed by atoms with van der Waals surface area (Å²) in [6.07, 6.45) is 7.32. The second-order valence-electron chi connectivity index (χ2n) is 6.15. The average Bonchev–Trinajstić information content (AvgIpc) is 2.45. The van der Waals surface area contributed by atoms with E-state index in [1.165, 1.54) is 32.1 Å². The van der Waals surface area contributed by atoms with Gasteiger partial charge in [-0.1, -0.05) is 19.3 Å². The molecule has 0 aromatic carbocycles. The van der Waals surface area contributed by atoms with Crippen molar-refractivity contribution in [1.82, 2.24) is 15.5 Å². The lowest BCUT2D eigenvalue weighted by molar-refractivity contribution is -0.121. The molecule has 5 heteroatoms. The Labute approximate surface area is 129 Å². The third kappa shape index (κ3) is 5.98. The van der Waals surface area contributed by atoms with Crippen molar-refractivity contribution in [2.75, 3.05) is 32.7 Å². The minimum atomic E-state index is 0. The van der Waals surface area contributed by atoms with E-state index in [-0.39, 0.29) is 18.3 Å². The fourth-order valence-electron chi connectivity index (χ4n) is 3.20. The SMILES string of the molecule is C[C@@H]1CNCCN1CCC(=O)NCC1CCCCC1.Cl. The van der Waals surface area contributed by atoms with Crippen molar-refractivity contribution in [3.8, 4) is 0 Å². The van der Waals surface area contributed by atoms with Gasteiger partial charge in [0.25, 0.3) is 0 Å². The molecular weight excluding hydrogens is 274 g/mol. The molecule has 1 atom stereocenters. The first-order valence-corrected chi connectivity index (χ1v) is 7.97. The highest BCUT2D eigenvalue weighted by Gasteiger charge is 2.19. The van der Waals surface area contributed by atoms with Crippen LogP contribution in [-0.4, -0.2) is 49.6 Å². The molecule has 1 amide bonds. The summed E-state index contributed by atoms with van der Waals surface area (Å²) in [6.45, 7) is 7.19. The first-order chi connectivity index (χ1) is 9.25. The summed E-state index contributed by atoms with van der Waals surface area (Å²) in [5, 5.41) is 6.50. The van der Waals surface area contributed by atoms with Gasteiger partial charge in [0.15, 0.2) is 0 Å². The molecule has 20 heavy (non-hydrogen) atoms. The second-order valence-corrected chi connectivity index (χ2v) is 6.15. The molecule has 0 aromatic heterocycles. The van der Waals surface area contributed by atoms with Crippen molar-refractivity contribution < 1.29 is 4.79 Å². The van der Waals surface area contributed by atoms with E-state index in [4.69, 9.17) is 0 Å². The van der Waals surface area contributed by atoms with Crippen LogP contribution in [0.25, 0.3) is 0 Å². The normalized spacial score (nSPS) is 24.9. The van der Waals surface area contributed by atoms with Crippen LogP contribution in [0.1, 0.15) is 45.4 Å². The molecule has 0 bridgehead atoms. The lowest BCUT2D eigenvalue weighted by Gasteiger charge is -2.33. The number of amides is 1. The van der Waals surface area contributed by atoms with E-state index < -0.39 is 0 Å². The Bertz CT molecular complexity index is 282. The third-order valence-electron chi connectivity index (χ3n) is 4.58. The predicted molar refractivity (Wildman–Crippen MR) is 85.4 cm³/mol. The van der Waals surface area contributed by atoms with E-state index in [0.29, 0.717) is 12.5 Å². The maximum atomic E-state index is 11.9. The highest BCUT2D eigenvalue weighted by atomic mass is 35.5. The van der Waals surface area contributed by atoms with Gasteiger partial charge in [0.1, 0.15) is 0 Å². The van der Waals surface area contributed by atoms with Crippen molar-refractivity contribution in [1.29, 1.82) is 0 Å². The summed E-state index contributed by atoms with van der Waals surface area (Å²) in [4.78, 5) is 14.3. The number of carbonyl (C=O) groups excluding carboxylic acids is 1. The van der Waals surface area contributed by atoms with Gasteiger partial charge in [0.05, 0.1) is 0 Å². The fraction of sp³-hybridized carbons (Fsp3) is 0.933. The van der Waals surface area contributed by atoms with Crippen molar-refractivity contribution in [2.24, 2.45) is 5.92 Å². The number of rotatable bonds is 5. The highest BCUT2D eigenvalue weighted by Crippen LogP contribution is 2.22. The zero-order chi connectivity index (χ0) is 13.5. The molecule has 0 spiro atoms. The quantitative estimate of drug-likeness (QED) is 0.814. The number of hydrogen-bond acceptors (Lipinski definition) is 3. The van der Waals surface area contributed by atoms with Crippen LogP contribution < -0.4 is 10.6 Å². The number of piperazine rings is 1. The van der Waals surface area contributed by atoms with Crippen LogP contribution in [-0.2, 0) is 4.79 Å². The lowest BCUT2D eigenvalue weighted by atomic mass is 9.89. The van der Waals surface area contributed by atoms with Gasteiger partial charge in [0.2, 0.25) is 5.91 Å². The van der Waals surface area contributed by atoms with Gasteiger partial charge in [-0.25, -0.2) is 0 Å². The summed E-state index contributed by atoms with van der Waals surface area (Å²) >= 11 is 0. The molecule has 118 valence electrons. The Morgan fingerprint density at radius 1 is 1.30 bits per heavy atom. The Balaban J connectivity index is 0.00000200. The van der Waals surface area contributed by atoms with Crippen LogP contribution in [0, 0.1) is 5.92 Å². The van der Waals surface area contributed by atoms with Gasteiger partial charge in [-0.2, -0.15) is 0 Å². The zero-order valence-corrected chi connectivity index (χ0v) is 13.5. The van der Waals surface area contributed by atoms with Crippen molar-refractivity contribution in [2.45, 2.75) is 51.5 Å². The average molecular weight is 304 g/mol. The molecule has 2 fully saturated rings. The Hall–Kier alpha value is -0.320. The van der Waals surface area contributed by atoms with Gasteiger partial charge < -0.3 is 10.6 Å². The van der Waals surface area contributed by atoms with E-state index in [1.807, 2.05) is 0 Å². The van der Waals surface area contributed by atoms with Crippen LogP contribution in [0.3, 0.4) is 0 Å². The number of nitrogens with zero attached hydrogens (tertiary/aromatic N) is 1. The van der Waals surface area contributed by atoms with Gasteiger partial charge >= 0.3 is 0 Å². The van der Waals surface area contributed by atoms with E-state index in [1.54, 1.807) is 0 Å². The molecule has 2 aliphatic rings. The van der Waals surface area contributed by atoms with E-state index in [9.17, 15) is 4.79 Å². The van der Waals surface area contributed by atoms with Crippen molar-refractivity contribution in [3.63, 3.8) is 0 Å². The maximum absolute atomic E-state index is 11.9. The largest absolute Gasteiger partial charge is 0.356 e. The minimum Gasteiger partial charge on any atom is -0.356 e. The zero-order valence-electron chi connectivity index (χ0n) is 12.7. The molecule has 1 heterocycles. The Morgan fingerprint density at radius 3 is 2.75 bits per heavy atom. The van der Waals surface area contributed by atoms with E-state index >= 15 is 0 Å². The molecule has 1 aliphatic carbocycles. The molecule has 2 rings (SSSR count). The smallest absolute Gasteiger partial charge is 0.221 e. The van der Waals surface area contributed by atoms with E-state index in [0.717, 1.165) is 38.6 Å². The summed E-state index contributed by atoms with van der Waals surface area (Å²) in [5.41, 5.74) is 0.